The molecular weight excluding hydrogens is 422 g/mol. The van der Waals surface area contributed by atoms with Gasteiger partial charge in [0.2, 0.25) is 0 Å². The first-order valence-corrected chi connectivity index (χ1v) is 8.97. The number of ether oxygens (including phenoxy) is 2. The fourth-order valence-corrected chi connectivity index (χ4v) is 3.72. The molecule has 26 heavy (non-hydrogen) atoms. The third-order valence-electron chi connectivity index (χ3n) is 4.35. The van der Waals surface area contributed by atoms with Gasteiger partial charge < -0.3 is 19.6 Å². The summed E-state index contributed by atoms with van der Waals surface area (Å²) in [7, 11) is 3.12. The summed E-state index contributed by atoms with van der Waals surface area (Å²) in [6, 6.07) is 7.24. The van der Waals surface area contributed by atoms with Crippen LogP contribution >= 0.6 is 27.5 Å². The van der Waals surface area contributed by atoms with Crippen LogP contribution in [0.5, 0.6) is 11.5 Å². The third kappa shape index (κ3) is 3.15. The Bertz CT molecular complexity index is 1010. The fourth-order valence-electron chi connectivity index (χ4n) is 3.04. The monoisotopic (exact) mass is 437 g/mol. The first kappa shape index (κ1) is 18.6. The second kappa shape index (κ2) is 7.21. The lowest BCUT2D eigenvalue weighted by molar-refractivity contribution is -0.136. The van der Waals surface area contributed by atoms with Gasteiger partial charge in [-0.1, -0.05) is 17.7 Å². The first-order valence-electron chi connectivity index (χ1n) is 7.80. The Morgan fingerprint density at radius 1 is 1.23 bits per heavy atom. The predicted molar refractivity (Wildman–Crippen MR) is 106 cm³/mol. The summed E-state index contributed by atoms with van der Waals surface area (Å²) in [4.78, 5) is 14.8. The molecule has 0 spiro atoms. The summed E-state index contributed by atoms with van der Waals surface area (Å²) in [5.74, 6) is 0.231. The van der Waals surface area contributed by atoms with Gasteiger partial charge in [0.1, 0.15) is 0 Å². The van der Waals surface area contributed by atoms with Gasteiger partial charge in [0.25, 0.3) is 0 Å². The summed E-state index contributed by atoms with van der Waals surface area (Å²) in [5, 5.41) is 10.9. The van der Waals surface area contributed by atoms with Crippen LogP contribution in [0.3, 0.4) is 0 Å². The van der Waals surface area contributed by atoms with Gasteiger partial charge in [0.05, 0.1) is 31.9 Å². The first-order chi connectivity index (χ1) is 12.4. The van der Waals surface area contributed by atoms with Crippen molar-refractivity contribution in [3.05, 3.63) is 44.9 Å². The van der Waals surface area contributed by atoms with Crippen molar-refractivity contribution in [2.24, 2.45) is 0 Å². The molecule has 0 aliphatic carbocycles. The zero-order chi connectivity index (χ0) is 19.0. The molecule has 136 valence electrons. The Balaban J connectivity index is 2.34. The van der Waals surface area contributed by atoms with Crippen LogP contribution in [0.15, 0.2) is 28.7 Å². The largest absolute Gasteiger partial charge is 0.493 e. The SMILES string of the molecule is COc1cc(Br)c(-c2[nH]c3c(C)c(Cl)ccc3c2CC(=O)O)cc1OC. The van der Waals surface area contributed by atoms with Gasteiger partial charge in [0.15, 0.2) is 11.5 Å². The molecule has 1 heterocycles. The predicted octanol–water partition coefficient (Wildman–Crippen LogP) is 5.20. The van der Waals surface area contributed by atoms with Crippen molar-refractivity contribution < 1.29 is 19.4 Å². The van der Waals surface area contributed by atoms with Crippen LogP contribution in [-0.2, 0) is 11.2 Å². The number of nitrogens with one attached hydrogen (secondary N) is 1. The fraction of sp³-hybridized carbons (Fsp3) is 0.211. The minimum atomic E-state index is -0.906. The van der Waals surface area contributed by atoms with Gasteiger partial charge in [-0.25, -0.2) is 0 Å². The number of halogens is 2. The van der Waals surface area contributed by atoms with E-state index >= 15 is 0 Å². The van der Waals surface area contributed by atoms with E-state index < -0.39 is 5.97 Å². The number of benzene rings is 2. The zero-order valence-electron chi connectivity index (χ0n) is 14.4. The Hall–Kier alpha value is -2.18. The van der Waals surface area contributed by atoms with Crippen molar-refractivity contribution in [3.63, 3.8) is 0 Å². The van der Waals surface area contributed by atoms with Gasteiger partial charge in [-0.05, 0) is 52.2 Å². The molecule has 0 saturated heterocycles. The Morgan fingerprint density at radius 3 is 2.50 bits per heavy atom. The van der Waals surface area contributed by atoms with Crippen LogP contribution in [0, 0.1) is 6.92 Å². The molecule has 0 saturated carbocycles. The molecular formula is C19H17BrClNO4. The van der Waals surface area contributed by atoms with E-state index in [0.29, 0.717) is 27.8 Å². The molecule has 1 aromatic heterocycles. The average molecular weight is 439 g/mol. The molecule has 3 aromatic rings. The van der Waals surface area contributed by atoms with Crippen LogP contribution in [0.4, 0.5) is 0 Å². The lowest BCUT2D eigenvalue weighted by Gasteiger charge is -2.12. The quantitative estimate of drug-likeness (QED) is 0.574. The summed E-state index contributed by atoms with van der Waals surface area (Å²) < 4.78 is 11.5. The molecule has 0 aliphatic rings. The van der Waals surface area contributed by atoms with Gasteiger partial charge in [-0.3, -0.25) is 4.79 Å². The summed E-state index contributed by atoms with van der Waals surface area (Å²) in [5.41, 5.74) is 3.88. The minimum absolute atomic E-state index is 0.114. The Kier molecular flexibility index (Phi) is 5.16. The standard InChI is InChI=1S/C19H17BrClNO4/c1-9-14(21)5-4-10-11(7-17(23)24)19(22-18(9)10)12-6-15(25-2)16(26-3)8-13(12)20/h4-6,8,22H,7H2,1-3H3,(H,23,24). The second-order valence-electron chi connectivity index (χ2n) is 5.83. The molecule has 0 bridgehead atoms. The highest BCUT2D eigenvalue weighted by Crippen LogP contribution is 2.42. The van der Waals surface area contributed by atoms with E-state index in [-0.39, 0.29) is 6.42 Å². The molecule has 2 N–H and O–H groups in total. The zero-order valence-corrected chi connectivity index (χ0v) is 16.8. The number of fused-ring (bicyclic) bond motifs is 1. The number of aryl methyl sites for hydroxylation is 1. The number of aromatic nitrogens is 1. The van der Waals surface area contributed by atoms with E-state index in [0.717, 1.165) is 26.5 Å². The smallest absolute Gasteiger partial charge is 0.307 e. The molecule has 0 fully saturated rings. The van der Waals surface area contributed by atoms with Crippen LogP contribution in [-0.4, -0.2) is 30.3 Å². The number of aliphatic carboxylic acids is 1. The number of hydrogen-bond donors (Lipinski definition) is 2. The van der Waals surface area contributed by atoms with Crippen molar-refractivity contribution in [2.45, 2.75) is 13.3 Å². The van der Waals surface area contributed by atoms with Crippen LogP contribution in [0.1, 0.15) is 11.1 Å². The highest BCUT2D eigenvalue weighted by Gasteiger charge is 2.21. The molecule has 5 nitrogen and oxygen atoms in total. The van der Waals surface area contributed by atoms with E-state index in [4.69, 9.17) is 21.1 Å². The van der Waals surface area contributed by atoms with E-state index in [2.05, 4.69) is 20.9 Å². The number of carbonyl (C=O) groups is 1. The number of H-pyrrole nitrogens is 1. The van der Waals surface area contributed by atoms with E-state index in [1.807, 2.05) is 19.1 Å². The highest BCUT2D eigenvalue weighted by atomic mass is 79.9. The molecule has 0 aliphatic heterocycles. The summed E-state index contributed by atoms with van der Waals surface area (Å²) >= 11 is 9.79. The van der Waals surface area contributed by atoms with E-state index in [1.54, 1.807) is 26.4 Å². The van der Waals surface area contributed by atoms with Crippen molar-refractivity contribution in [3.8, 4) is 22.8 Å². The van der Waals surface area contributed by atoms with Crippen LogP contribution in [0.25, 0.3) is 22.2 Å². The second-order valence-corrected chi connectivity index (χ2v) is 7.09. The minimum Gasteiger partial charge on any atom is -0.493 e. The average Bonchev–Trinajstić information content (AvgIpc) is 2.96. The maximum absolute atomic E-state index is 11.5. The van der Waals surface area contributed by atoms with Crippen molar-refractivity contribution in [1.82, 2.24) is 4.98 Å². The number of rotatable bonds is 5. The van der Waals surface area contributed by atoms with Crippen LogP contribution < -0.4 is 9.47 Å². The topological polar surface area (TPSA) is 71.6 Å². The van der Waals surface area contributed by atoms with Gasteiger partial charge in [-0.2, -0.15) is 0 Å². The van der Waals surface area contributed by atoms with Crippen LogP contribution in [0.2, 0.25) is 5.02 Å². The lowest BCUT2D eigenvalue weighted by Crippen LogP contribution is -2.01. The van der Waals surface area contributed by atoms with Gasteiger partial charge in [0, 0.05) is 20.4 Å². The Labute approximate surface area is 164 Å². The molecule has 0 atom stereocenters. The normalized spacial score (nSPS) is 11.0. The number of carboxylic acids is 1. The molecule has 0 amide bonds. The Morgan fingerprint density at radius 2 is 1.88 bits per heavy atom. The maximum atomic E-state index is 11.5. The molecule has 0 radical (unpaired) electrons. The van der Waals surface area contributed by atoms with E-state index in [9.17, 15) is 9.90 Å². The van der Waals surface area contributed by atoms with Gasteiger partial charge >= 0.3 is 5.97 Å². The summed E-state index contributed by atoms with van der Waals surface area (Å²) in [6.07, 6.45) is -0.114. The summed E-state index contributed by atoms with van der Waals surface area (Å²) in [6.45, 7) is 1.90. The lowest BCUT2D eigenvalue weighted by atomic mass is 10.0. The third-order valence-corrected chi connectivity index (χ3v) is 5.41. The van der Waals surface area contributed by atoms with Crippen molar-refractivity contribution in [2.75, 3.05) is 14.2 Å². The molecule has 0 unspecified atom stereocenters. The number of hydrogen-bond acceptors (Lipinski definition) is 3. The maximum Gasteiger partial charge on any atom is 0.307 e. The number of aromatic amines is 1. The molecule has 7 heteroatoms. The highest BCUT2D eigenvalue weighted by molar-refractivity contribution is 9.10. The van der Waals surface area contributed by atoms with Gasteiger partial charge in [-0.15, -0.1) is 0 Å². The number of carboxylic acid groups (broad SMARTS) is 1. The van der Waals surface area contributed by atoms with Crippen molar-refractivity contribution >= 4 is 44.4 Å². The van der Waals surface area contributed by atoms with E-state index in [1.165, 1.54) is 0 Å². The number of methoxy groups -OCH3 is 2. The molecule has 3 rings (SSSR count). The molecule has 2 aromatic carbocycles. The van der Waals surface area contributed by atoms with Crippen molar-refractivity contribution in [1.29, 1.82) is 0 Å².